The number of aryl methyl sites for hydroxylation is 1. The van der Waals surface area contributed by atoms with Crippen LogP contribution in [0, 0.1) is 6.92 Å². The fourth-order valence-corrected chi connectivity index (χ4v) is 4.80. The first-order valence-electron chi connectivity index (χ1n) is 9.51. The fraction of sp³-hybridized carbons (Fsp3) is 0.400. The first kappa shape index (κ1) is 21.3. The van der Waals surface area contributed by atoms with Crippen molar-refractivity contribution >= 4 is 39.4 Å². The summed E-state index contributed by atoms with van der Waals surface area (Å²) in [6.07, 6.45) is 0.785. The number of carbonyl (C=O) groups is 1. The lowest BCUT2D eigenvalue weighted by molar-refractivity contribution is -0.122. The Morgan fingerprint density at radius 2 is 1.93 bits per heavy atom. The molecule has 0 radical (unpaired) electrons. The van der Waals surface area contributed by atoms with Gasteiger partial charge in [-0.2, -0.15) is 0 Å². The number of fused-ring (bicyclic) bond motifs is 1. The Hall–Kier alpha value is -2.39. The van der Waals surface area contributed by atoms with E-state index in [1.54, 1.807) is 12.1 Å². The highest BCUT2D eigenvalue weighted by atomic mass is 32.2. The van der Waals surface area contributed by atoms with Gasteiger partial charge in [0.15, 0.2) is 9.99 Å². The number of amides is 1. The lowest BCUT2D eigenvalue weighted by atomic mass is 10.2. The van der Waals surface area contributed by atoms with E-state index in [2.05, 4.69) is 10.3 Å². The molecule has 2 heterocycles. The molecule has 1 aromatic carbocycles. The van der Waals surface area contributed by atoms with Crippen LogP contribution in [0.4, 0.5) is 0 Å². The van der Waals surface area contributed by atoms with Crippen LogP contribution in [-0.2, 0) is 11.3 Å². The summed E-state index contributed by atoms with van der Waals surface area (Å²) in [7, 11) is 0. The summed E-state index contributed by atoms with van der Waals surface area (Å²) >= 11 is 2.76. The summed E-state index contributed by atoms with van der Waals surface area (Å²) in [6, 6.07) is 7.15. The Kier molecular flexibility index (Phi) is 6.59. The predicted octanol–water partition coefficient (Wildman–Crippen LogP) is 2.94. The Bertz CT molecular complexity index is 1150. The average Bonchev–Trinajstić information content (AvgIpc) is 3.11. The number of nitrogens with one attached hydrogen (secondary N) is 1. The highest BCUT2D eigenvalue weighted by Gasteiger charge is 2.21. The maximum Gasteiger partial charge on any atom is 0.337 e. The summed E-state index contributed by atoms with van der Waals surface area (Å²) in [5.74, 6) is 0.514. The normalized spacial score (nSPS) is 12.3. The molecule has 29 heavy (non-hydrogen) atoms. The van der Waals surface area contributed by atoms with E-state index in [9.17, 15) is 14.4 Å². The molecule has 0 saturated carbocycles. The van der Waals surface area contributed by atoms with Crippen molar-refractivity contribution < 1.29 is 4.79 Å². The maximum absolute atomic E-state index is 13.3. The highest BCUT2D eigenvalue weighted by Crippen LogP contribution is 2.27. The number of rotatable bonds is 7. The van der Waals surface area contributed by atoms with Crippen LogP contribution in [0.3, 0.4) is 0 Å². The number of nitrogens with zero attached hydrogens (tertiary/aromatic N) is 3. The zero-order chi connectivity index (χ0) is 21.1. The van der Waals surface area contributed by atoms with E-state index in [0.717, 1.165) is 22.3 Å². The summed E-state index contributed by atoms with van der Waals surface area (Å²) in [5, 5.41) is 2.87. The average molecular weight is 433 g/mol. The standard InChI is InChI=1S/C20H24N4O3S2/c1-5-13(4)21-15(25)11-23-17-16(29-19(22-17)28-6-2)18(26)24(20(23)27)14-9-7-12(3)8-10-14/h7-10,13H,5-6,11H2,1-4H3,(H,21,25)/t13-/m0/s1. The minimum absolute atomic E-state index is 0.00154. The summed E-state index contributed by atoms with van der Waals surface area (Å²) in [5.41, 5.74) is 0.790. The Balaban J connectivity index is 2.21. The molecule has 0 saturated heterocycles. The van der Waals surface area contributed by atoms with E-state index < -0.39 is 11.2 Å². The van der Waals surface area contributed by atoms with E-state index in [4.69, 9.17) is 0 Å². The molecular weight excluding hydrogens is 408 g/mol. The van der Waals surface area contributed by atoms with E-state index in [0.29, 0.717) is 14.7 Å². The molecule has 3 aromatic rings. The number of hydrogen-bond donors (Lipinski definition) is 1. The minimum atomic E-state index is -0.566. The molecule has 0 bridgehead atoms. The predicted molar refractivity (Wildman–Crippen MR) is 119 cm³/mol. The Morgan fingerprint density at radius 1 is 1.24 bits per heavy atom. The second-order valence-electron chi connectivity index (χ2n) is 6.79. The van der Waals surface area contributed by atoms with Gasteiger partial charge in [-0.1, -0.05) is 43.3 Å². The van der Waals surface area contributed by atoms with E-state index in [-0.39, 0.29) is 24.1 Å². The smallest absolute Gasteiger partial charge is 0.337 e. The molecule has 3 rings (SSSR count). The molecule has 0 aliphatic rings. The monoisotopic (exact) mass is 432 g/mol. The van der Waals surface area contributed by atoms with Gasteiger partial charge in [0.1, 0.15) is 11.2 Å². The van der Waals surface area contributed by atoms with Crippen molar-refractivity contribution in [3.8, 4) is 5.69 Å². The van der Waals surface area contributed by atoms with E-state index in [1.807, 2.05) is 39.8 Å². The zero-order valence-electron chi connectivity index (χ0n) is 16.9. The van der Waals surface area contributed by atoms with Crippen LogP contribution >= 0.6 is 23.1 Å². The Labute approximate surface area is 176 Å². The second-order valence-corrected chi connectivity index (χ2v) is 9.30. The minimum Gasteiger partial charge on any atom is -0.352 e. The van der Waals surface area contributed by atoms with Crippen LogP contribution < -0.4 is 16.6 Å². The molecule has 154 valence electrons. The number of thiazole rings is 1. The Morgan fingerprint density at radius 3 is 2.55 bits per heavy atom. The van der Waals surface area contributed by atoms with Crippen LogP contribution in [0.2, 0.25) is 0 Å². The first-order chi connectivity index (χ1) is 13.8. The third kappa shape index (κ3) is 4.45. The molecule has 0 spiro atoms. The van der Waals surface area contributed by atoms with Gasteiger partial charge >= 0.3 is 5.69 Å². The molecule has 1 atom stereocenters. The van der Waals surface area contributed by atoms with Gasteiger partial charge in [-0.3, -0.25) is 14.2 Å². The molecule has 1 N–H and O–H groups in total. The quantitative estimate of drug-likeness (QED) is 0.580. The number of aromatic nitrogens is 3. The van der Waals surface area contributed by atoms with Crippen LogP contribution in [0.25, 0.3) is 16.0 Å². The van der Waals surface area contributed by atoms with Gasteiger partial charge in [0.05, 0.1) is 5.69 Å². The molecule has 0 unspecified atom stereocenters. The van der Waals surface area contributed by atoms with Gasteiger partial charge in [-0.05, 0) is 38.2 Å². The van der Waals surface area contributed by atoms with Crippen LogP contribution in [0.15, 0.2) is 38.2 Å². The van der Waals surface area contributed by atoms with Gasteiger partial charge in [-0.15, -0.1) is 11.3 Å². The van der Waals surface area contributed by atoms with Crippen molar-refractivity contribution in [3.63, 3.8) is 0 Å². The van der Waals surface area contributed by atoms with Crippen molar-refractivity contribution in [1.29, 1.82) is 0 Å². The molecule has 9 heteroatoms. The van der Waals surface area contributed by atoms with Crippen molar-refractivity contribution in [2.45, 2.75) is 51.0 Å². The molecule has 2 aromatic heterocycles. The molecule has 1 amide bonds. The van der Waals surface area contributed by atoms with Gasteiger partial charge in [-0.25, -0.2) is 14.3 Å². The number of thioether (sulfide) groups is 1. The largest absolute Gasteiger partial charge is 0.352 e. The molecule has 7 nitrogen and oxygen atoms in total. The second kappa shape index (κ2) is 8.96. The first-order valence-corrected chi connectivity index (χ1v) is 11.3. The zero-order valence-corrected chi connectivity index (χ0v) is 18.5. The van der Waals surface area contributed by atoms with Crippen molar-refractivity contribution in [3.05, 3.63) is 50.7 Å². The van der Waals surface area contributed by atoms with Crippen molar-refractivity contribution in [2.24, 2.45) is 0 Å². The third-order valence-corrected chi connectivity index (χ3v) is 6.60. The maximum atomic E-state index is 13.3. The summed E-state index contributed by atoms with van der Waals surface area (Å²) < 4.78 is 3.50. The summed E-state index contributed by atoms with van der Waals surface area (Å²) in [6.45, 7) is 7.62. The fourth-order valence-electron chi connectivity index (χ4n) is 2.83. The number of benzene rings is 1. The van der Waals surface area contributed by atoms with Crippen LogP contribution in [0.1, 0.15) is 32.8 Å². The molecular formula is C20H24N4O3S2. The summed E-state index contributed by atoms with van der Waals surface area (Å²) in [4.78, 5) is 43.4. The molecule has 0 fully saturated rings. The van der Waals surface area contributed by atoms with Crippen molar-refractivity contribution in [1.82, 2.24) is 19.4 Å². The van der Waals surface area contributed by atoms with E-state index in [1.165, 1.54) is 27.7 Å². The third-order valence-electron chi connectivity index (χ3n) is 4.55. The van der Waals surface area contributed by atoms with Gasteiger partial charge < -0.3 is 5.32 Å². The lowest BCUT2D eigenvalue weighted by Crippen LogP contribution is -2.43. The molecule has 0 aliphatic carbocycles. The number of carbonyl (C=O) groups excluding carboxylic acids is 1. The SMILES string of the molecule is CCSc1nc2c(s1)c(=O)n(-c1ccc(C)cc1)c(=O)n2CC(=O)N[C@@H](C)CC. The molecule has 0 aliphatic heterocycles. The van der Waals surface area contributed by atoms with Crippen LogP contribution in [0.5, 0.6) is 0 Å². The lowest BCUT2D eigenvalue weighted by Gasteiger charge is -2.14. The number of hydrogen-bond acceptors (Lipinski definition) is 6. The van der Waals surface area contributed by atoms with E-state index >= 15 is 0 Å². The van der Waals surface area contributed by atoms with Gasteiger partial charge in [0.25, 0.3) is 5.56 Å². The topological polar surface area (TPSA) is 86.0 Å². The van der Waals surface area contributed by atoms with Gasteiger partial charge in [0, 0.05) is 6.04 Å². The van der Waals surface area contributed by atoms with Crippen LogP contribution in [-0.4, -0.2) is 31.8 Å². The highest BCUT2D eigenvalue weighted by molar-refractivity contribution is 8.01. The van der Waals surface area contributed by atoms with Gasteiger partial charge in [0.2, 0.25) is 5.91 Å². The van der Waals surface area contributed by atoms with Crippen molar-refractivity contribution in [2.75, 3.05) is 5.75 Å².